The van der Waals surface area contributed by atoms with Gasteiger partial charge < -0.3 is 24.8 Å². The summed E-state index contributed by atoms with van der Waals surface area (Å²) in [7, 11) is 1.49. The molecule has 0 amide bonds. The summed E-state index contributed by atoms with van der Waals surface area (Å²) in [5.74, 6) is -1.41. The number of aliphatic carboxylic acids is 1. The van der Waals surface area contributed by atoms with Gasteiger partial charge in [-0.1, -0.05) is 6.07 Å². The maximum absolute atomic E-state index is 13.6. The van der Waals surface area contributed by atoms with Crippen LogP contribution < -0.4 is 10.2 Å². The number of hydrogen-bond acceptors (Lipinski definition) is 6. The number of hydrogen-bond donors (Lipinski definition) is 2. The first-order valence-corrected chi connectivity index (χ1v) is 11.7. The minimum absolute atomic E-state index is 0.154. The molecule has 1 heterocycles. The summed E-state index contributed by atoms with van der Waals surface area (Å²) in [6, 6.07) is 10.8. The average Bonchev–Trinajstić information content (AvgIpc) is 2.85. The van der Waals surface area contributed by atoms with Crippen LogP contribution in [-0.4, -0.2) is 50.6 Å². The van der Waals surface area contributed by atoms with Gasteiger partial charge in [0.05, 0.1) is 41.6 Å². The maximum Gasteiger partial charge on any atom is 0.417 e. The highest BCUT2D eigenvalue weighted by molar-refractivity contribution is 5.77. The summed E-state index contributed by atoms with van der Waals surface area (Å²) < 4.78 is 51.4. The van der Waals surface area contributed by atoms with Crippen LogP contribution in [0.3, 0.4) is 0 Å². The molecule has 0 aliphatic carbocycles. The first-order chi connectivity index (χ1) is 17.2. The van der Waals surface area contributed by atoms with Crippen LogP contribution in [0.15, 0.2) is 36.4 Å². The summed E-state index contributed by atoms with van der Waals surface area (Å²) in [5, 5.41) is 21.6. The molecule has 2 N–H and O–H groups in total. The number of nitrogens with one attached hydrogen (secondary N) is 1. The van der Waals surface area contributed by atoms with E-state index in [0.29, 0.717) is 31.0 Å². The smallest absolute Gasteiger partial charge is 0.417 e. The van der Waals surface area contributed by atoms with Crippen molar-refractivity contribution in [1.82, 2.24) is 0 Å². The van der Waals surface area contributed by atoms with Crippen molar-refractivity contribution in [3.63, 3.8) is 0 Å². The van der Waals surface area contributed by atoms with Crippen molar-refractivity contribution in [3.8, 4) is 6.07 Å². The molecule has 2 aromatic rings. The Morgan fingerprint density at radius 3 is 2.58 bits per heavy atom. The van der Waals surface area contributed by atoms with Gasteiger partial charge in [0.2, 0.25) is 0 Å². The highest BCUT2D eigenvalue weighted by atomic mass is 19.4. The number of rotatable bonds is 10. The zero-order valence-corrected chi connectivity index (χ0v) is 20.3. The standard InChI is InChI=1S/C26H30F3N3O4/c1-3-32(21-8-10-36-11-9-21)24-7-5-17(19(16-35-2)13-25(33)34)12-23(24)31-20-6-4-18(15-30)22(14-20)26(27,28)29/h4-7,12,14,19,21,31H,3,8-11,13,16H2,1-2H3,(H,33,34)/t19-/m1/s1. The average molecular weight is 506 g/mol. The lowest BCUT2D eigenvalue weighted by Gasteiger charge is -2.37. The van der Waals surface area contributed by atoms with Gasteiger partial charge >= 0.3 is 12.1 Å². The van der Waals surface area contributed by atoms with Crippen LogP contribution >= 0.6 is 0 Å². The second-order valence-electron chi connectivity index (χ2n) is 8.65. The van der Waals surface area contributed by atoms with Gasteiger partial charge in [-0.05, 0) is 55.7 Å². The normalized spacial score (nSPS) is 15.2. The minimum Gasteiger partial charge on any atom is -0.481 e. The van der Waals surface area contributed by atoms with E-state index in [1.807, 2.05) is 19.1 Å². The molecule has 2 aromatic carbocycles. The monoisotopic (exact) mass is 505 g/mol. The molecule has 7 nitrogen and oxygen atoms in total. The van der Waals surface area contributed by atoms with Crippen LogP contribution in [0.4, 0.5) is 30.2 Å². The van der Waals surface area contributed by atoms with E-state index in [1.165, 1.54) is 13.2 Å². The van der Waals surface area contributed by atoms with Crippen molar-refractivity contribution in [2.24, 2.45) is 0 Å². The lowest BCUT2D eigenvalue weighted by atomic mass is 9.94. The van der Waals surface area contributed by atoms with E-state index in [4.69, 9.17) is 14.7 Å². The van der Waals surface area contributed by atoms with Crippen LogP contribution in [0.1, 0.15) is 48.8 Å². The fourth-order valence-corrected chi connectivity index (χ4v) is 4.57. The molecule has 1 atom stereocenters. The molecule has 0 unspecified atom stereocenters. The highest BCUT2D eigenvalue weighted by Crippen LogP contribution is 2.38. The molecule has 1 aliphatic heterocycles. The van der Waals surface area contributed by atoms with Gasteiger partial charge in [-0.2, -0.15) is 18.4 Å². The Hall–Kier alpha value is -3.29. The van der Waals surface area contributed by atoms with Gasteiger partial charge in [0.15, 0.2) is 0 Å². The number of carboxylic acid groups (broad SMARTS) is 1. The summed E-state index contributed by atoms with van der Waals surface area (Å²) >= 11 is 0. The maximum atomic E-state index is 13.6. The predicted molar refractivity (Wildman–Crippen MR) is 130 cm³/mol. The summed E-state index contributed by atoms with van der Waals surface area (Å²) in [6.07, 6.45) is -3.21. The number of benzene rings is 2. The van der Waals surface area contributed by atoms with E-state index in [0.717, 1.165) is 30.7 Å². The number of nitriles is 1. The topological polar surface area (TPSA) is 94.8 Å². The molecule has 0 bridgehead atoms. The third-order valence-electron chi connectivity index (χ3n) is 6.29. The number of halogens is 3. The Morgan fingerprint density at radius 2 is 2.00 bits per heavy atom. The molecule has 194 valence electrons. The molecule has 1 saturated heterocycles. The fraction of sp³-hybridized carbons (Fsp3) is 0.462. The van der Waals surface area contributed by atoms with E-state index in [9.17, 15) is 23.1 Å². The lowest BCUT2D eigenvalue weighted by molar-refractivity contribution is -0.138. The minimum atomic E-state index is -4.68. The molecular formula is C26H30F3N3O4. The van der Waals surface area contributed by atoms with E-state index >= 15 is 0 Å². The summed E-state index contributed by atoms with van der Waals surface area (Å²) in [5.41, 5.74) is 0.721. The number of carboxylic acids is 1. The van der Waals surface area contributed by atoms with Crippen LogP contribution in [0.25, 0.3) is 0 Å². The van der Waals surface area contributed by atoms with Gasteiger partial charge in [-0.15, -0.1) is 0 Å². The predicted octanol–water partition coefficient (Wildman–Crippen LogP) is 5.53. The molecule has 0 aromatic heterocycles. The molecule has 0 radical (unpaired) electrons. The lowest BCUT2D eigenvalue weighted by Crippen LogP contribution is -2.39. The largest absolute Gasteiger partial charge is 0.481 e. The Labute approximate surface area is 208 Å². The molecular weight excluding hydrogens is 475 g/mol. The SMILES string of the molecule is CCN(c1ccc([C@@H](COC)CC(=O)O)cc1Nc1ccc(C#N)c(C(F)(F)F)c1)C1CCOCC1. The third kappa shape index (κ3) is 6.68. The summed E-state index contributed by atoms with van der Waals surface area (Å²) in [6.45, 7) is 4.10. The number of methoxy groups -OCH3 is 1. The Balaban J connectivity index is 2.08. The van der Waals surface area contributed by atoms with Crippen molar-refractivity contribution in [3.05, 3.63) is 53.1 Å². The quantitative estimate of drug-likeness (QED) is 0.438. The number of alkyl halides is 3. The van der Waals surface area contributed by atoms with Crippen LogP contribution in [0.2, 0.25) is 0 Å². The molecule has 36 heavy (non-hydrogen) atoms. The highest BCUT2D eigenvalue weighted by Gasteiger charge is 2.34. The van der Waals surface area contributed by atoms with Gasteiger partial charge in [-0.25, -0.2) is 0 Å². The molecule has 3 rings (SSSR count). The van der Waals surface area contributed by atoms with Crippen molar-refractivity contribution < 1.29 is 32.5 Å². The Morgan fingerprint density at radius 1 is 1.28 bits per heavy atom. The van der Waals surface area contributed by atoms with Gasteiger partial charge in [0, 0.05) is 44.5 Å². The van der Waals surface area contributed by atoms with Crippen molar-refractivity contribution in [2.75, 3.05) is 43.7 Å². The van der Waals surface area contributed by atoms with Gasteiger partial charge in [0.1, 0.15) is 0 Å². The van der Waals surface area contributed by atoms with E-state index < -0.39 is 29.2 Å². The van der Waals surface area contributed by atoms with Crippen molar-refractivity contribution in [1.29, 1.82) is 5.26 Å². The zero-order chi connectivity index (χ0) is 26.3. The third-order valence-corrected chi connectivity index (χ3v) is 6.29. The Bertz CT molecular complexity index is 1090. The van der Waals surface area contributed by atoms with E-state index in [-0.39, 0.29) is 24.8 Å². The van der Waals surface area contributed by atoms with E-state index in [1.54, 1.807) is 12.1 Å². The molecule has 10 heteroatoms. The zero-order valence-electron chi connectivity index (χ0n) is 20.3. The fourth-order valence-electron chi connectivity index (χ4n) is 4.57. The van der Waals surface area contributed by atoms with Crippen molar-refractivity contribution in [2.45, 2.75) is 44.3 Å². The molecule has 0 spiro atoms. The molecule has 1 aliphatic rings. The number of ether oxygens (including phenoxy) is 2. The number of carbonyl (C=O) groups is 1. The molecule has 1 fully saturated rings. The number of nitrogens with zero attached hydrogens (tertiary/aromatic N) is 2. The first-order valence-electron chi connectivity index (χ1n) is 11.7. The second-order valence-corrected chi connectivity index (χ2v) is 8.65. The first kappa shape index (κ1) is 27.3. The van der Waals surface area contributed by atoms with Gasteiger partial charge in [0.25, 0.3) is 0 Å². The van der Waals surface area contributed by atoms with Crippen LogP contribution in [-0.2, 0) is 20.4 Å². The van der Waals surface area contributed by atoms with E-state index in [2.05, 4.69) is 10.2 Å². The van der Waals surface area contributed by atoms with Gasteiger partial charge in [-0.3, -0.25) is 4.79 Å². The molecule has 0 saturated carbocycles. The Kier molecular flexibility index (Phi) is 9.18. The summed E-state index contributed by atoms with van der Waals surface area (Å²) in [4.78, 5) is 13.6. The van der Waals surface area contributed by atoms with Crippen molar-refractivity contribution >= 4 is 23.0 Å². The van der Waals surface area contributed by atoms with Crippen LogP contribution in [0.5, 0.6) is 0 Å². The number of anilines is 3. The van der Waals surface area contributed by atoms with Crippen LogP contribution in [0, 0.1) is 11.3 Å². The second kappa shape index (κ2) is 12.1.